The molecule has 0 spiro atoms. The molecular formula is C11H11NO2. The third kappa shape index (κ3) is 1.37. The Morgan fingerprint density at radius 1 is 1.50 bits per heavy atom. The fraction of sp³-hybridized carbons (Fsp3) is 0.182. The van der Waals surface area contributed by atoms with E-state index in [9.17, 15) is 0 Å². The second kappa shape index (κ2) is 3.54. The van der Waals surface area contributed by atoms with Crippen molar-refractivity contribution in [3.05, 3.63) is 48.1 Å². The molecule has 72 valence electrons. The molecule has 3 nitrogen and oxygen atoms in total. The van der Waals surface area contributed by atoms with E-state index in [1.54, 1.807) is 12.5 Å². The van der Waals surface area contributed by atoms with Crippen LogP contribution in [-0.2, 0) is 0 Å². The lowest BCUT2D eigenvalue weighted by atomic mass is 10.1. The van der Waals surface area contributed by atoms with Gasteiger partial charge in [-0.3, -0.25) is 0 Å². The number of rotatable bonds is 2. The minimum atomic E-state index is 0.800. The van der Waals surface area contributed by atoms with Crippen molar-refractivity contribution in [1.82, 2.24) is 4.98 Å². The molecule has 0 saturated heterocycles. The Hall–Kier alpha value is -1.77. The number of aryl methyl sites for hydroxylation is 1. The number of hydrogen-bond donors (Lipinski definition) is 0. The van der Waals surface area contributed by atoms with Crippen LogP contribution in [0.4, 0.5) is 0 Å². The van der Waals surface area contributed by atoms with Gasteiger partial charge in [-0.2, -0.15) is 0 Å². The Balaban J connectivity index is 2.47. The predicted octanol–water partition coefficient (Wildman–Crippen LogP) is 3.03. The second-order valence-electron chi connectivity index (χ2n) is 2.98. The topological polar surface area (TPSA) is 39.2 Å². The van der Waals surface area contributed by atoms with Gasteiger partial charge in [0.1, 0.15) is 0 Å². The molecule has 3 heteroatoms. The second-order valence-corrected chi connectivity index (χ2v) is 2.98. The van der Waals surface area contributed by atoms with Gasteiger partial charge in [0.05, 0.1) is 18.2 Å². The Morgan fingerprint density at radius 2 is 2.36 bits per heavy atom. The van der Waals surface area contributed by atoms with Gasteiger partial charge in [-0.05, 0) is 19.9 Å². The van der Waals surface area contributed by atoms with E-state index in [-0.39, 0.29) is 0 Å². The molecule has 0 N–H and O–H groups in total. The Labute approximate surface area is 82.1 Å². The smallest absolute Gasteiger partial charge is 0.181 e. The van der Waals surface area contributed by atoms with E-state index in [1.807, 2.05) is 26.0 Å². The summed E-state index contributed by atoms with van der Waals surface area (Å²) in [7, 11) is 0. The molecule has 0 saturated carbocycles. The number of aromatic nitrogens is 1. The SMILES string of the molecule is CC=C(c1ccoc1)c1ocnc1C. The lowest BCUT2D eigenvalue weighted by Gasteiger charge is -1.99. The molecule has 0 aliphatic rings. The quantitative estimate of drug-likeness (QED) is 0.728. The highest BCUT2D eigenvalue weighted by Crippen LogP contribution is 2.25. The van der Waals surface area contributed by atoms with E-state index < -0.39 is 0 Å². The first-order valence-corrected chi connectivity index (χ1v) is 4.42. The van der Waals surface area contributed by atoms with Gasteiger partial charge in [0, 0.05) is 11.1 Å². The van der Waals surface area contributed by atoms with E-state index in [0.29, 0.717) is 0 Å². The van der Waals surface area contributed by atoms with E-state index in [2.05, 4.69) is 4.98 Å². The summed E-state index contributed by atoms with van der Waals surface area (Å²) < 4.78 is 10.4. The highest BCUT2D eigenvalue weighted by Gasteiger charge is 2.11. The standard InChI is InChI=1S/C11H11NO2/c1-3-10(9-4-5-13-6-9)11-8(2)12-7-14-11/h3-7H,1-2H3. The van der Waals surface area contributed by atoms with E-state index >= 15 is 0 Å². The fourth-order valence-electron chi connectivity index (χ4n) is 1.41. The van der Waals surface area contributed by atoms with Gasteiger partial charge in [0.25, 0.3) is 0 Å². The molecule has 0 aliphatic heterocycles. The summed E-state index contributed by atoms with van der Waals surface area (Å²) in [6.07, 6.45) is 6.77. The van der Waals surface area contributed by atoms with Crippen LogP contribution in [-0.4, -0.2) is 4.98 Å². The molecule has 0 aromatic carbocycles. The molecule has 0 radical (unpaired) electrons. The minimum Gasteiger partial charge on any atom is -0.472 e. The first kappa shape index (κ1) is 8.81. The van der Waals surface area contributed by atoms with Gasteiger partial charge in [-0.1, -0.05) is 6.08 Å². The van der Waals surface area contributed by atoms with Crippen molar-refractivity contribution >= 4 is 5.57 Å². The molecule has 0 unspecified atom stereocenters. The van der Waals surface area contributed by atoms with Crippen molar-refractivity contribution in [3.8, 4) is 0 Å². The number of nitrogens with zero attached hydrogens (tertiary/aromatic N) is 1. The highest BCUT2D eigenvalue weighted by molar-refractivity contribution is 5.77. The van der Waals surface area contributed by atoms with Crippen LogP contribution in [0.15, 0.2) is 39.9 Å². The van der Waals surface area contributed by atoms with Gasteiger partial charge in [-0.15, -0.1) is 0 Å². The van der Waals surface area contributed by atoms with Crippen molar-refractivity contribution in [2.45, 2.75) is 13.8 Å². The number of hydrogen-bond acceptors (Lipinski definition) is 3. The molecule has 2 rings (SSSR count). The zero-order valence-electron chi connectivity index (χ0n) is 8.15. The van der Waals surface area contributed by atoms with Crippen LogP contribution >= 0.6 is 0 Å². The van der Waals surface area contributed by atoms with Crippen molar-refractivity contribution < 1.29 is 8.83 Å². The largest absolute Gasteiger partial charge is 0.472 e. The van der Waals surface area contributed by atoms with E-state index in [4.69, 9.17) is 8.83 Å². The van der Waals surface area contributed by atoms with E-state index in [0.717, 1.165) is 22.6 Å². The third-order valence-electron chi connectivity index (χ3n) is 2.11. The highest BCUT2D eigenvalue weighted by atomic mass is 16.3. The average Bonchev–Trinajstić information content (AvgIpc) is 2.80. The number of furan rings is 1. The Kier molecular flexibility index (Phi) is 2.23. The van der Waals surface area contributed by atoms with Crippen molar-refractivity contribution in [1.29, 1.82) is 0 Å². The maximum Gasteiger partial charge on any atom is 0.181 e. The predicted molar refractivity (Wildman–Crippen MR) is 52.7 cm³/mol. The van der Waals surface area contributed by atoms with Gasteiger partial charge in [0.2, 0.25) is 0 Å². The normalized spacial score (nSPS) is 12.0. The maximum atomic E-state index is 5.32. The Bertz CT molecular complexity index is 438. The van der Waals surface area contributed by atoms with Crippen molar-refractivity contribution in [3.63, 3.8) is 0 Å². The lowest BCUT2D eigenvalue weighted by Crippen LogP contribution is -1.85. The summed E-state index contributed by atoms with van der Waals surface area (Å²) in [6, 6.07) is 1.90. The van der Waals surface area contributed by atoms with Gasteiger partial charge in [0.15, 0.2) is 12.2 Å². The first-order chi connectivity index (χ1) is 6.83. The molecule has 0 aliphatic carbocycles. The molecule has 0 fully saturated rings. The van der Waals surface area contributed by atoms with Crippen LogP contribution in [0.1, 0.15) is 23.9 Å². The van der Waals surface area contributed by atoms with Crippen LogP contribution in [0.25, 0.3) is 5.57 Å². The van der Waals surface area contributed by atoms with Crippen LogP contribution in [0.2, 0.25) is 0 Å². The summed E-state index contributed by atoms with van der Waals surface area (Å²) in [6.45, 7) is 3.88. The van der Waals surface area contributed by atoms with Crippen LogP contribution in [0, 0.1) is 6.92 Å². The zero-order valence-corrected chi connectivity index (χ0v) is 8.15. The molecule has 2 aromatic rings. The average molecular weight is 189 g/mol. The fourth-order valence-corrected chi connectivity index (χ4v) is 1.41. The van der Waals surface area contributed by atoms with Crippen LogP contribution in [0.5, 0.6) is 0 Å². The summed E-state index contributed by atoms with van der Waals surface area (Å²) in [4.78, 5) is 4.06. The molecule has 2 aromatic heterocycles. The molecule has 0 amide bonds. The van der Waals surface area contributed by atoms with Crippen molar-refractivity contribution in [2.75, 3.05) is 0 Å². The maximum absolute atomic E-state index is 5.32. The number of allylic oxidation sites excluding steroid dienone is 1. The summed E-state index contributed by atoms with van der Waals surface area (Å²) in [5, 5.41) is 0. The lowest BCUT2D eigenvalue weighted by molar-refractivity contribution is 0.542. The van der Waals surface area contributed by atoms with Gasteiger partial charge < -0.3 is 8.83 Å². The number of oxazole rings is 1. The molecule has 2 heterocycles. The van der Waals surface area contributed by atoms with Crippen LogP contribution < -0.4 is 0 Å². The van der Waals surface area contributed by atoms with Gasteiger partial charge in [-0.25, -0.2) is 4.98 Å². The summed E-state index contributed by atoms with van der Waals surface area (Å²) in [5.74, 6) is 0.800. The molecule has 0 atom stereocenters. The van der Waals surface area contributed by atoms with Crippen LogP contribution in [0.3, 0.4) is 0 Å². The molecule has 14 heavy (non-hydrogen) atoms. The monoisotopic (exact) mass is 189 g/mol. The minimum absolute atomic E-state index is 0.800. The molecular weight excluding hydrogens is 178 g/mol. The zero-order chi connectivity index (χ0) is 9.97. The third-order valence-corrected chi connectivity index (χ3v) is 2.11. The first-order valence-electron chi connectivity index (χ1n) is 4.42. The van der Waals surface area contributed by atoms with E-state index in [1.165, 1.54) is 6.39 Å². The van der Waals surface area contributed by atoms with Gasteiger partial charge >= 0.3 is 0 Å². The Morgan fingerprint density at radius 3 is 2.86 bits per heavy atom. The summed E-state index contributed by atoms with van der Waals surface area (Å²) >= 11 is 0. The summed E-state index contributed by atoms with van der Waals surface area (Å²) in [5.41, 5.74) is 2.90. The molecule has 0 bridgehead atoms. The van der Waals surface area contributed by atoms with Crippen molar-refractivity contribution in [2.24, 2.45) is 0 Å².